The summed E-state index contributed by atoms with van der Waals surface area (Å²) in [5, 5.41) is 2.99. The fraction of sp³-hybridized carbons (Fsp3) is 0.167. The van der Waals surface area contributed by atoms with Crippen molar-refractivity contribution in [2.45, 2.75) is 19.4 Å². The monoisotopic (exact) mass is 265 g/mol. The van der Waals surface area contributed by atoms with Crippen molar-refractivity contribution in [3.05, 3.63) is 83.9 Å². The van der Waals surface area contributed by atoms with Crippen LogP contribution in [0.1, 0.15) is 21.5 Å². The van der Waals surface area contributed by atoms with Gasteiger partial charge in [0.25, 0.3) is 5.91 Å². The zero-order valence-corrected chi connectivity index (χ0v) is 11.7. The molecule has 0 fully saturated rings. The number of carbonyl (C=O) groups is 1. The summed E-state index contributed by atoms with van der Waals surface area (Å²) in [7, 11) is 0. The molecule has 0 saturated carbocycles. The maximum atomic E-state index is 12.2. The second-order valence-electron chi connectivity index (χ2n) is 4.87. The molecule has 0 bridgehead atoms. The van der Waals surface area contributed by atoms with Crippen LogP contribution in [0, 0.1) is 6.92 Å². The van der Waals surface area contributed by atoms with Crippen LogP contribution < -0.4 is 5.32 Å². The van der Waals surface area contributed by atoms with Crippen LogP contribution >= 0.6 is 0 Å². The first kappa shape index (κ1) is 14.1. The van der Waals surface area contributed by atoms with E-state index < -0.39 is 0 Å². The highest BCUT2D eigenvalue weighted by atomic mass is 16.1. The topological polar surface area (TPSA) is 29.1 Å². The molecule has 2 heteroatoms. The lowest BCUT2D eigenvalue weighted by atomic mass is 10.1. The van der Waals surface area contributed by atoms with E-state index in [0.717, 1.165) is 12.0 Å². The molecular formula is C18H19NO. The van der Waals surface area contributed by atoms with Gasteiger partial charge in [0.1, 0.15) is 0 Å². The summed E-state index contributed by atoms with van der Waals surface area (Å²) in [5.41, 5.74) is 3.00. The summed E-state index contributed by atoms with van der Waals surface area (Å²) >= 11 is 0. The summed E-state index contributed by atoms with van der Waals surface area (Å²) in [6.07, 6.45) is 2.53. The molecule has 1 atom stereocenters. The van der Waals surface area contributed by atoms with Crippen LogP contribution in [0.2, 0.25) is 0 Å². The number of hydrogen-bond donors (Lipinski definition) is 1. The highest BCUT2D eigenvalue weighted by Crippen LogP contribution is 2.07. The normalized spacial score (nSPS) is 11.7. The fourth-order valence-corrected chi connectivity index (χ4v) is 2.02. The SMILES string of the molecule is C=CC(Cc1ccccc1)NC(=O)c1ccc(C)cc1. The van der Waals surface area contributed by atoms with Gasteiger partial charge in [0.05, 0.1) is 6.04 Å². The average molecular weight is 265 g/mol. The summed E-state index contributed by atoms with van der Waals surface area (Å²) < 4.78 is 0. The maximum absolute atomic E-state index is 12.2. The molecule has 1 N–H and O–H groups in total. The van der Waals surface area contributed by atoms with E-state index >= 15 is 0 Å². The molecule has 0 radical (unpaired) electrons. The van der Waals surface area contributed by atoms with Crippen molar-refractivity contribution in [3.8, 4) is 0 Å². The molecule has 1 unspecified atom stereocenters. The second kappa shape index (κ2) is 6.71. The van der Waals surface area contributed by atoms with Gasteiger partial charge in [0, 0.05) is 5.56 Å². The molecule has 2 nitrogen and oxygen atoms in total. The predicted octanol–water partition coefficient (Wildman–Crippen LogP) is 3.52. The van der Waals surface area contributed by atoms with Crippen molar-refractivity contribution < 1.29 is 4.79 Å². The fourth-order valence-electron chi connectivity index (χ4n) is 2.02. The van der Waals surface area contributed by atoms with Crippen LogP contribution in [-0.2, 0) is 6.42 Å². The number of rotatable bonds is 5. The number of amides is 1. The lowest BCUT2D eigenvalue weighted by molar-refractivity contribution is 0.0944. The van der Waals surface area contributed by atoms with Crippen LogP contribution in [-0.4, -0.2) is 11.9 Å². The number of hydrogen-bond acceptors (Lipinski definition) is 1. The van der Waals surface area contributed by atoms with Gasteiger partial charge in [0.15, 0.2) is 0 Å². The van der Waals surface area contributed by atoms with Gasteiger partial charge >= 0.3 is 0 Å². The van der Waals surface area contributed by atoms with Crippen LogP contribution in [0.4, 0.5) is 0 Å². The Bertz CT molecular complexity index is 572. The molecule has 0 heterocycles. The lowest BCUT2D eigenvalue weighted by Crippen LogP contribution is -2.34. The maximum Gasteiger partial charge on any atom is 0.251 e. The van der Waals surface area contributed by atoms with Gasteiger partial charge in [-0.3, -0.25) is 4.79 Å². The predicted molar refractivity (Wildman–Crippen MR) is 82.8 cm³/mol. The van der Waals surface area contributed by atoms with E-state index in [2.05, 4.69) is 24.0 Å². The van der Waals surface area contributed by atoms with Crippen LogP contribution in [0.25, 0.3) is 0 Å². The largest absolute Gasteiger partial charge is 0.346 e. The van der Waals surface area contributed by atoms with Gasteiger partial charge in [-0.25, -0.2) is 0 Å². The number of nitrogens with one attached hydrogen (secondary N) is 1. The molecule has 20 heavy (non-hydrogen) atoms. The zero-order chi connectivity index (χ0) is 14.4. The van der Waals surface area contributed by atoms with Crippen LogP contribution in [0.3, 0.4) is 0 Å². The van der Waals surface area contributed by atoms with Gasteiger partial charge in [-0.05, 0) is 31.0 Å². The number of benzene rings is 2. The first-order valence-electron chi connectivity index (χ1n) is 6.73. The van der Waals surface area contributed by atoms with Crippen molar-refractivity contribution in [1.29, 1.82) is 0 Å². The van der Waals surface area contributed by atoms with E-state index in [-0.39, 0.29) is 11.9 Å². The van der Waals surface area contributed by atoms with Crippen molar-refractivity contribution >= 4 is 5.91 Å². The second-order valence-corrected chi connectivity index (χ2v) is 4.87. The van der Waals surface area contributed by atoms with Crippen molar-refractivity contribution in [1.82, 2.24) is 5.32 Å². The smallest absolute Gasteiger partial charge is 0.251 e. The van der Waals surface area contributed by atoms with Gasteiger partial charge in [-0.2, -0.15) is 0 Å². The minimum atomic E-state index is -0.0640. The standard InChI is InChI=1S/C18H19NO/c1-3-17(13-15-7-5-4-6-8-15)19-18(20)16-11-9-14(2)10-12-16/h3-12,17H,1,13H2,2H3,(H,19,20). The highest BCUT2D eigenvalue weighted by molar-refractivity contribution is 5.94. The van der Waals surface area contributed by atoms with E-state index in [4.69, 9.17) is 0 Å². The van der Waals surface area contributed by atoms with E-state index in [1.165, 1.54) is 5.56 Å². The Labute approximate surface area is 120 Å². The number of carbonyl (C=O) groups excluding carboxylic acids is 1. The van der Waals surface area contributed by atoms with Gasteiger partial charge < -0.3 is 5.32 Å². The molecule has 0 aromatic heterocycles. The molecule has 0 aliphatic carbocycles. The minimum Gasteiger partial charge on any atom is -0.346 e. The first-order valence-corrected chi connectivity index (χ1v) is 6.73. The summed E-state index contributed by atoms with van der Waals surface area (Å²) in [5.74, 6) is -0.0640. The van der Waals surface area contributed by atoms with Gasteiger partial charge in [0.2, 0.25) is 0 Å². The third-order valence-electron chi connectivity index (χ3n) is 3.21. The first-order chi connectivity index (χ1) is 9.69. The molecule has 2 aromatic carbocycles. The molecule has 0 aliphatic rings. The van der Waals surface area contributed by atoms with E-state index in [1.54, 1.807) is 6.08 Å². The third-order valence-corrected chi connectivity index (χ3v) is 3.21. The summed E-state index contributed by atoms with van der Waals surface area (Å²) in [6.45, 7) is 5.81. The summed E-state index contributed by atoms with van der Waals surface area (Å²) in [4.78, 5) is 12.2. The summed E-state index contributed by atoms with van der Waals surface area (Å²) in [6, 6.07) is 17.6. The third kappa shape index (κ3) is 3.82. The van der Waals surface area contributed by atoms with Gasteiger partial charge in [-0.15, -0.1) is 6.58 Å². The molecular weight excluding hydrogens is 246 g/mol. The minimum absolute atomic E-state index is 0.0637. The molecule has 0 saturated heterocycles. The Morgan fingerprint density at radius 3 is 2.40 bits per heavy atom. The van der Waals surface area contributed by atoms with Crippen LogP contribution in [0.5, 0.6) is 0 Å². The Morgan fingerprint density at radius 1 is 1.15 bits per heavy atom. The molecule has 0 aliphatic heterocycles. The highest BCUT2D eigenvalue weighted by Gasteiger charge is 2.11. The lowest BCUT2D eigenvalue weighted by Gasteiger charge is -2.15. The Balaban J connectivity index is 2.01. The van der Waals surface area contributed by atoms with Crippen molar-refractivity contribution in [2.75, 3.05) is 0 Å². The zero-order valence-electron chi connectivity index (χ0n) is 11.7. The van der Waals surface area contributed by atoms with Crippen molar-refractivity contribution in [2.24, 2.45) is 0 Å². The van der Waals surface area contributed by atoms with E-state index in [9.17, 15) is 4.79 Å². The molecule has 1 amide bonds. The van der Waals surface area contributed by atoms with Gasteiger partial charge in [-0.1, -0.05) is 54.1 Å². The Morgan fingerprint density at radius 2 is 1.80 bits per heavy atom. The Hall–Kier alpha value is -2.35. The number of aryl methyl sites for hydroxylation is 1. The van der Waals surface area contributed by atoms with E-state index in [0.29, 0.717) is 5.56 Å². The molecule has 0 spiro atoms. The van der Waals surface area contributed by atoms with E-state index in [1.807, 2.05) is 49.4 Å². The average Bonchev–Trinajstić information content (AvgIpc) is 2.48. The molecule has 2 rings (SSSR count). The quantitative estimate of drug-likeness (QED) is 0.823. The molecule has 102 valence electrons. The molecule has 2 aromatic rings. The van der Waals surface area contributed by atoms with Crippen molar-refractivity contribution in [3.63, 3.8) is 0 Å². The Kier molecular flexibility index (Phi) is 4.72. The van der Waals surface area contributed by atoms with Crippen LogP contribution in [0.15, 0.2) is 67.3 Å².